The average Bonchev–Trinajstić information content (AvgIpc) is 3.20. The fourth-order valence-corrected chi connectivity index (χ4v) is 3.58. The lowest BCUT2D eigenvalue weighted by Crippen LogP contribution is -2.46. The highest BCUT2D eigenvalue weighted by Gasteiger charge is 2.22. The molecule has 1 aliphatic heterocycles. The molecule has 0 spiro atoms. The molecule has 1 aliphatic rings. The van der Waals surface area contributed by atoms with Crippen molar-refractivity contribution in [1.29, 1.82) is 0 Å². The van der Waals surface area contributed by atoms with E-state index in [-0.39, 0.29) is 0 Å². The van der Waals surface area contributed by atoms with Crippen molar-refractivity contribution in [2.45, 2.75) is 45.3 Å². The number of fused-ring (bicyclic) bond motifs is 1. The van der Waals surface area contributed by atoms with Gasteiger partial charge in [0.2, 0.25) is 0 Å². The molecule has 2 aromatic heterocycles. The van der Waals surface area contributed by atoms with E-state index in [0.29, 0.717) is 12.6 Å². The second-order valence-corrected chi connectivity index (χ2v) is 7.20. The van der Waals surface area contributed by atoms with Crippen LogP contribution in [0.3, 0.4) is 0 Å². The molecule has 29 heavy (non-hydrogen) atoms. The number of hydrogen-bond acceptors (Lipinski definition) is 4. The Labute approximate surface area is 171 Å². The average molecular weight is 390 g/mol. The number of pyridine rings is 1. The molecule has 0 aliphatic carbocycles. The van der Waals surface area contributed by atoms with Crippen molar-refractivity contribution in [3.63, 3.8) is 0 Å². The SMILES string of the molecule is CCc1nc2n(n1)CC(NC(=NC)NCc1cccc(-c3ccccn3)c1)CC2. The molecule has 3 aromatic rings. The summed E-state index contributed by atoms with van der Waals surface area (Å²) in [6.45, 7) is 3.60. The van der Waals surface area contributed by atoms with Gasteiger partial charge in [-0.05, 0) is 30.2 Å². The number of guanidine groups is 1. The van der Waals surface area contributed by atoms with Gasteiger partial charge in [-0.1, -0.05) is 31.2 Å². The Morgan fingerprint density at radius 1 is 1.24 bits per heavy atom. The predicted octanol–water partition coefficient (Wildman–Crippen LogP) is 2.58. The molecule has 1 unspecified atom stereocenters. The van der Waals surface area contributed by atoms with Crippen LogP contribution >= 0.6 is 0 Å². The molecule has 0 amide bonds. The van der Waals surface area contributed by atoms with Crippen LogP contribution in [-0.4, -0.2) is 38.8 Å². The largest absolute Gasteiger partial charge is 0.352 e. The Bertz CT molecular complexity index is 978. The van der Waals surface area contributed by atoms with Crippen molar-refractivity contribution < 1.29 is 0 Å². The summed E-state index contributed by atoms with van der Waals surface area (Å²) in [4.78, 5) is 13.4. The second-order valence-electron chi connectivity index (χ2n) is 7.20. The molecule has 0 fully saturated rings. The molecule has 0 bridgehead atoms. The van der Waals surface area contributed by atoms with E-state index in [1.807, 2.05) is 29.1 Å². The molecule has 0 radical (unpaired) electrons. The summed E-state index contributed by atoms with van der Waals surface area (Å²) in [5.41, 5.74) is 3.28. The summed E-state index contributed by atoms with van der Waals surface area (Å²) in [5.74, 6) is 2.82. The first kappa shape index (κ1) is 19.1. The van der Waals surface area contributed by atoms with Gasteiger partial charge in [-0.25, -0.2) is 9.67 Å². The van der Waals surface area contributed by atoms with Gasteiger partial charge in [0.05, 0.1) is 12.2 Å². The summed E-state index contributed by atoms with van der Waals surface area (Å²) < 4.78 is 2.03. The first-order valence-electron chi connectivity index (χ1n) is 10.1. The molecule has 0 saturated heterocycles. The molecule has 7 nitrogen and oxygen atoms in total. The first-order chi connectivity index (χ1) is 14.2. The molecule has 1 aromatic carbocycles. The normalized spacial score (nSPS) is 16.3. The monoisotopic (exact) mass is 389 g/mol. The van der Waals surface area contributed by atoms with E-state index in [1.54, 1.807) is 7.05 Å². The third kappa shape index (κ3) is 4.62. The quantitative estimate of drug-likeness (QED) is 0.518. The number of aryl methyl sites for hydroxylation is 2. The molecule has 4 rings (SSSR count). The Hall–Kier alpha value is -3.22. The summed E-state index contributed by atoms with van der Waals surface area (Å²) in [6.07, 6.45) is 4.66. The van der Waals surface area contributed by atoms with E-state index in [4.69, 9.17) is 0 Å². The van der Waals surface area contributed by atoms with Crippen molar-refractivity contribution in [3.05, 3.63) is 65.9 Å². The van der Waals surface area contributed by atoms with Crippen molar-refractivity contribution in [1.82, 2.24) is 30.4 Å². The zero-order valence-electron chi connectivity index (χ0n) is 17.0. The Morgan fingerprint density at radius 3 is 2.97 bits per heavy atom. The van der Waals surface area contributed by atoms with Crippen LogP contribution < -0.4 is 10.6 Å². The van der Waals surface area contributed by atoms with Gasteiger partial charge in [-0.15, -0.1) is 0 Å². The number of benzene rings is 1. The number of aliphatic imine (C=N–C) groups is 1. The summed E-state index contributed by atoms with van der Waals surface area (Å²) in [5, 5.41) is 11.5. The van der Waals surface area contributed by atoms with E-state index < -0.39 is 0 Å². The van der Waals surface area contributed by atoms with Gasteiger partial charge in [-0.2, -0.15) is 5.10 Å². The molecule has 7 heteroatoms. The van der Waals surface area contributed by atoms with Crippen LogP contribution in [0.4, 0.5) is 0 Å². The summed E-state index contributed by atoms with van der Waals surface area (Å²) in [7, 11) is 1.80. The number of nitrogens with one attached hydrogen (secondary N) is 2. The molecular formula is C22H27N7. The molecule has 0 saturated carbocycles. The minimum atomic E-state index is 0.292. The van der Waals surface area contributed by atoms with E-state index in [1.165, 1.54) is 5.56 Å². The Kier molecular flexibility index (Phi) is 5.84. The topological polar surface area (TPSA) is 80.0 Å². The van der Waals surface area contributed by atoms with Gasteiger partial charge in [0, 0.05) is 44.2 Å². The fourth-order valence-electron chi connectivity index (χ4n) is 3.58. The number of nitrogens with zero attached hydrogens (tertiary/aromatic N) is 5. The summed E-state index contributed by atoms with van der Waals surface area (Å²) >= 11 is 0. The van der Waals surface area contributed by atoms with Crippen LogP contribution in [-0.2, 0) is 25.9 Å². The van der Waals surface area contributed by atoms with Gasteiger partial charge in [0.1, 0.15) is 5.82 Å². The third-order valence-electron chi connectivity index (χ3n) is 5.13. The number of aromatic nitrogens is 4. The highest BCUT2D eigenvalue weighted by molar-refractivity contribution is 5.80. The van der Waals surface area contributed by atoms with Crippen LogP contribution in [0.15, 0.2) is 53.7 Å². The minimum Gasteiger partial charge on any atom is -0.352 e. The Balaban J connectivity index is 1.36. The smallest absolute Gasteiger partial charge is 0.191 e. The third-order valence-corrected chi connectivity index (χ3v) is 5.13. The van der Waals surface area contributed by atoms with Crippen LogP contribution in [0.1, 0.15) is 30.6 Å². The zero-order valence-corrected chi connectivity index (χ0v) is 17.0. The lowest BCUT2D eigenvalue weighted by molar-refractivity contribution is 0.392. The number of rotatable bonds is 5. The maximum absolute atomic E-state index is 4.59. The van der Waals surface area contributed by atoms with Crippen molar-refractivity contribution >= 4 is 5.96 Å². The van der Waals surface area contributed by atoms with Crippen LogP contribution in [0.5, 0.6) is 0 Å². The van der Waals surface area contributed by atoms with Crippen molar-refractivity contribution in [2.75, 3.05) is 7.05 Å². The van der Waals surface area contributed by atoms with Crippen LogP contribution in [0.2, 0.25) is 0 Å². The van der Waals surface area contributed by atoms with Crippen molar-refractivity contribution in [2.24, 2.45) is 4.99 Å². The molecule has 150 valence electrons. The van der Waals surface area contributed by atoms with E-state index >= 15 is 0 Å². The van der Waals surface area contributed by atoms with Crippen molar-refractivity contribution in [3.8, 4) is 11.3 Å². The highest BCUT2D eigenvalue weighted by Crippen LogP contribution is 2.18. The lowest BCUT2D eigenvalue weighted by Gasteiger charge is -2.25. The predicted molar refractivity (Wildman–Crippen MR) is 115 cm³/mol. The lowest BCUT2D eigenvalue weighted by atomic mass is 10.1. The van der Waals surface area contributed by atoms with Gasteiger partial charge < -0.3 is 10.6 Å². The molecular weight excluding hydrogens is 362 g/mol. The van der Waals surface area contributed by atoms with Gasteiger partial charge in [-0.3, -0.25) is 9.98 Å². The van der Waals surface area contributed by atoms with Crippen LogP contribution in [0.25, 0.3) is 11.3 Å². The van der Waals surface area contributed by atoms with Gasteiger partial charge in [0.15, 0.2) is 11.8 Å². The fraction of sp³-hybridized carbons (Fsp3) is 0.364. The minimum absolute atomic E-state index is 0.292. The maximum atomic E-state index is 4.59. The van der Waals surface area contributed by atoms with E-state index in [9.17, 15) is 0 Å². The first-order valence-corrected chi connectivity index (χ1v) is 10.1. The molecule has 2 N–H and O–H groups in total. The number of hydrogen-bond donors (Lipinski definition) is 2. The Morgan fingerprint density at radius 2 is 2.17 bits per heavy atom. The zero-order chi connectivity index (χ0) is 20.1. The summed E-state index contributed by atoms with van der Waals surface area (Å²) in [6, 6.07) is 14.7. The standard InChI is InChI=1S/C22H27N7/c1-3-20-27-21-11-10-18(15-29(21)28-20)26-22(23-2)25-14-16-7-6-8-17(13-16)19-9-4-5-12-24-19/h4-9,12-13,18H,3,10-11,14-15H2,1-2H3,(H2,23,25,26). The molecule has 1 atom stereocenters. The van der Waals surface area contributed by atoms with Gasteiger partial charge >= 0.3 is 0 Å². The van der Waals surface area contributed by atoms with Gasteiger partial charge in [0.25, 0.3) is 0 Å². The second kappa shape index (κ2) is 8.86. The van der Waals surface area contributed by atoms with E-state index in [0.717, 1.165) is 54.7 Å². The molecule has 3 heterocycles. The van der Waals surface area contributed by atoms with Crippen LogP contribution in [0, 0.1) is 0 Å². The maximum Gasteiger partial charge on any atom is 0.191 e. The van der Waals surface area contributed by atoms with E-state index in [2.05, 4.69) is 61.9 Å². The highest BCUT2D eigenvalue weighted by atomic mass is 15.4.